The van der Waals surface area contributed by atoms with Crippen molar-refractivity contribution in [2.75, 3.05) is 5.32 Å². The van der Waals surface area contributed by atoms with Crippen molar-refractivity contribution >= 4 is 63.4 Å². The van der Waals surface area contributed by atoms with Crippen LogP contribution in [0.25, 0.3) is 11.3 Å². The van der Waals surface area contributed by atoms with E-state index in [9.17, 15) is 9.59 Å². The van der Waals surface area contributed by atoms with E-state index in [1.807, 2.05) is 48.7 Å². The molecule has 3 N–H and O–H groups in total. The quantitative estimate of drug-likeness (QED) is 0.106. The normalized spacial score (nSPS) is 11.0. The number of carboxylic acids is 1. The van der Waals surface area contributed by atoms with Gasteiger partial charge < -0.3 is 15.2 Å². The highest BCUT2D eigenvalue weighted by atomic mass is 35.5. The first-order chi connectivity index (χ1) is 20.7. The molecule has 5 rings (SSSR count). The Morgan fingerprint density at radius 3 is 2.26 bits per heavy atom. The molecule has 216 valence electrons. The summed E-state index contributed by atoms with van der Waals surface area (Å²) in [6, 6.07) is 24.7. The number of carboxylic acid groups (broad SMARTS) is 1. The second kappa shape index (κ2) is 13.5. The van der Waals surface area contributed by atoms with Crippen molar-refractivity contribution in [1.29, 1.82) is 0 Å². The molecule has 0 aliphatic heterocycles. The van der Waals surface area contributed by atoms with Crippen LogP contribution in [0, 0.1) is 6.92 Å². The number of thiazole rings is 1. The van der Waals surface area contributed by atoms with Gasteiger partial charge in [-0.1, -0.05) is 65.2 Å². The molecule has 1 amide bonds. The van der Waals surface area contributed by atoms with Gasteiger partial charge in [0.2, 0.25) is 0 Å². The minimum atomic E-state index is -1.00. The van der Waals surface area contributed by atoms with Crippen molar-refractivity contribution in [3.63, 3.8) is 0 Å². The van der Waals surface area contributed by atoms with E-state index in [0.717, 1.165) is 27.6 Å². The number of halogens is 2. The third kappa shape index (κ3) is 7.78. The number of hydrogen-bond donors (Lipinski definition) is 3. The average molecular weight is 632 g/mol. The lowest BCUT2D eigenvalue weighted by Crippen LogP contribution is -2.17. The minimum Gasteiger partial charge on any atom is -0.486 e. The number of aromatic carboxylic acids is 1. The van der Waals surface area contributed by atoms with E-state index in [2.05, 4.69) is 20.8 Å². The number of aryl methyl sites for hydroxylation is 1. The van der Waals surface area contributed by atoms with E-state index in [-0.39, 0.29) is 33.9 Å². The molecule has 0 saturated carbocycles. The number of benzene rings is 4. The van der Waals surface area contributed by atoms with Gasteiger partial charge in [-0.05, 0) is 66.6 Å². The van der Waals surface area contributed by atoms with Crippen molar-refractivity contribution in [3.05, 3.63) is 128 Å². The summed E-state index contributed by atoms with van der Waals surface area (Å²) in [6.07, 6.45) is 1.43. The second-order valence-electron chi connectivity index (χ2n) is 9.41. The number of nitrogens with one attached hydrogen (secondary N) is 2. The van der Waals surface area contributed by atoms with Crippen LogP contribution < -0.4 is 15.5 Å². The van der Waals surface area contributed by atoms with Crippen molar-refractivity contribution < 1.29 is 19.4 Å². The Kier molecular flexibility index (Phi) is 9.36. The van der Waals surface area contributed by atoms with E-state index < -0.39 is 5.97 Å². The second-order valence-corrected chi connectivity index (χ2v) is 11.1. The molecule has 1 heterocycles. The predicted molar refractivity (Wildman–Crippen MR) is 171 cm³/mol. The number of ether oxygens (including phenoxy) is 1. The maximum Gasteiger partial charge on any atom is 0.335 e. The topological polar surface area (TPSA) is 113 Å². The summed E-state index contributed by atoms with van der Waals surface area (Å²) < 4.78 is 5.75. The van der Waals surface area contributed by atoms with Crippen LogP contribution in [-0.4, -0.2) is 28.2 Å². The largest absolute Gasteiger partial charge is 0.486 e. The van der Waals surface area contributed by atoms with Crippen LogP contribution in [0.4, 0.5) is 10.8 Å². The lowest BCUT2D eigenvalue weighted by Gasteiger charge is -2.11. The molecule has 0 aliphatic carbocycles. The third-order valence-electron chi connectivity index (χ3n) is 6.23. The van der Waals surface area contributed by atoms with Gasteiger partial charge in [0.1, 0.15) is 6.61 Å². The van der Waals surface area contributed by atoms with Gasteiger partial charge in [0.25, 0.3) is 5.91 Å². The SMILES string of the molecule is Cc1ccc(Nc2nc(-c3ccc(C(=O)N/N=C\c4cc(Cl)c(OCc5ccc(C(=O)O)cc5)c(Cl)c4)cc3)cs2)cc1. The van der Waals surface area contributed by atoms with E-state index in [4.69, 9.17) is 33.0 Å². The zero-order valence-electron chi connectivity index (χ0n) is 22.7. The summed E-state index contributed by atoms with van der Waals surface area (Å²) in [5, 5.41) is 19.6. The molecule has 5 aromatic rings. The standard InChI is InChI=1S/C32H24Cl2N4O4S/c1-19-2-12-25(13-3-19)36-32-37-28(18-43-32)22-8-10-23(11-9-22)30(39)38-35-16-21-14-26(33)29(27(34)15-21)42-17-20-4-6-24(7-5-20)31(40)41/h2-16,18H,17H2,1H3,(H,36,37)(H,38,39)(H,40,41)/b35-16-. The molecule has 0 saturated heterocycles. The average Bonchev–Trinajstić information content (AvgIpc) is 3.46. The predicted octanol–water partition coefficient (Wildman–Crippen LogP) is 8.21. The van der Waals surface area contributed by atoms with Crippen molar-refractivity contribution in [2.24, 2.45) is 5.10 Å². The fraction of sp³-hybridized carbons (Fsp3) is 0.0625. The Hall–Kier alpha value is -4.70. The van der Waals surface area contributed by atoms with E-state index >= 15 is 0 Å². The van der Waals surface area contributed by atoms with E-state index in [0.29, 0.717) is 11.1 Å². The molecular formula is C32H24Cl2N4O4S. The highest BCUT2D eigenvalue weighted by Crippen LogP contribution is 2.34. The Labute approximate surface area is 261 Å². The summed E-state index contributed by atoms with van der Waals surface area (Å²) in [5.41, 5.74) is 8.29. The number of anilines is 2. The van der Waals surface area contributed by atoms with Gasteiger partial charge in [0.05, 0.1) is 27.5 Å². The van der Waals surface area contributed by atoms with Crippen molar-refractivity contribution in [1.82, 2.24) is 10.4 Å². The minimum absolute atomic E-state index is 0.148. The van der Waals surface area contributed by atoms with Crippen molar-refractivity contribution in [2.45, 2.75) is 13.5 Å². The first-order valence-corrected chi connectivity index (χ1v) is 14.6. The molecule has 4 aromatic carbocycles. The number of nitrogens with zero attached hydrogens (tertiary/aromatic N) is 2. The molecule has 0 unspecified atom stereocenters. The highest BCUT2D eigenvalue weighted by Gasteiger charge is 2.11. The first kappa shape index (κ1) is 29.8. The lowest BCUT2D eigenvalue weighted by atomic mass is 10.1. The van der Waals surface area contributed by atoms with E-state index in [1.165, 1.54) is 35.2 Å². The zero-order valence-corrected chi connectivity index (χ0v) is 25.0. The van der Waals surface area contributed by atoms with E-state index in [1.54, 1.807) is 36.4 Å². The Morgan fingerprint density at radius 2 is 1.60 bits per heavy atom. The van der Waals surface area contributed by atoms with Gasteiger partial charge in [0, 0.05) is 22.2 Å². The molecule has 0 aliphatic rings. The van der Waals surface area contributed by atoms with Gasteiger partial charge in [-0.2, -0.15) is 5.10 Å². The van der Waals surface area contributed by atoms with Gasteiger partial charge in [-0.25, -0.2) is 15.2 Å². The maximum absolute atomic E-state index is 12.6. The van der Waals surface area contributed by atoms with Gasteiger partial charge in [-0.15, -0.1) is 11.3 Å². The smallest absolute Gasteiger partial charge is 0.335 e. The summed E-state index contributed by atoms with van der Waals surface area (Å²) in [5.74, 6) is -1.10. The maximum atomic E-state index is 12.6. The summed E-state index contributed by atoms with van der Waals surface area (Å²) >= 11 is 14.3. The Balaban J connectivity index is 1.15. The summed E-state index contributed by atoms with van der Waals surface area (Å²) in [6.45, 7) is 2.19. The van der Waals surface area contributed by atoms with Crippen LogP contribution in [0.1, 0.15) is 37.4 Å². The van der Waals surface area contributed by atoms with Gasteiger partial charge in [0.15, 0.2) is 10.9 Å². The molecule has 0 fully saturated rings. The molecule has 43 heavy (non-hydrogen) atoms. The van der Waals surface area contributed by atoms with Crippen LogP contribution in [0.2, 0.25) is 10.0 Å². The number of carbonyl (C=O) groups is 2. The number of hydrogen-bond acceptors (Lipinski definition) is 7. The number of hydrazone groups is 1. The molecule has 0 spiro atoms. The first-order valence-electron chi connectivity index (χ1n) is 12.9. The van der Waals surface area contributed by atoms with Gasteiger partial charge in [-0.3, -0.25) is 4.79 Å². The Bertz CT molecular complexity index is 1770. The monoisotopic (exact) mass is 630 g/mol. The Morgan fingerprint density at radius 1 is 0.953 bits per heavy atom. The highest BCUT2D eigenvalue weighted by molar-refractivity contribution is 7.14. The summed E-state index contributed by atoms with van der Waals surface area (Å²) in [4.78, 5) is 28.3. The van der Waals surface area contributed by atoms with Crippen LogP contribution in [0.3, 0.4) is 0 Å². The number of rotatable bonds is 10. The van der Waals surface area contributed by atoms with Crippen LogP contribution in [0.15, 0.2) is 95.4 Å². The number of aromatic nitrogens is 1. The fourth-order valence-electron chi connectivity index (χ4n) is 3.94. The van der Waals surface area contributed by atoms with Crippen LogP contribution in [0.5, 0.6) is 5.75 Å². The summed E-state index contributed by atoms with van der Waals surface area (Å²) in [7, 11) is 0. The molecule has 0 radical (unpaired) electrons. The molecular weight excluding hydrogens is 607 g/mol. The molecule has 0 atom stereocenters. The fourth-order valence-corrected chi connectivity index (χ4v) is 5.29. The third-order valence-corrected chi connectivity index (χ3v) is 7.55. The molecule has 11 heteroatoms. The van der Waals surface area contributed by atoms with Crippen LogP contribution in [-0.2, 0) is 6.61 Å². The lowest BCUT2D eigenvalue weighted by molar-refractivity contribution is 0.0696. The molecule has 8 nitrogen and oxygen atoms in total. The van der Waals surface area contributed by atoms with Crippen LogP contribution >= 0.6 is 34.5 Å². The van der Waals surface area contributed by atoms with Gasteiger partial charge >= 0.3 is 5.97 Å². The number of carbonyl (C=O) groups excluding carboxylic acids is 1. The zero-order chi connectivity index (χ0) is 30.3. The molecule has 0 bridgehead atoms. The van der Waals surface area contributed by atoms with Crippen molar-refractivity contribution in [3.8, 4) is 17.0 Å². The molecule has 1 aromatic heterocycles. The number of amides is 1.